The number of amides is 1. The van der Waals surface area contributed by atoms with Gasteiger partial charge in [-0.2, -0.15) is 0 Å². The van der Waals surface area contributed by atoms with Crippen molar-refractivity contribution in [2.24, 2.45) is 17.8 Å². The Kier molecular flexibility index (Phi) is 6.96. The molecule has 35 heavy (non-hydrogen) atoms. The number of rotatable bonds is 6. The number of carbonyl (C=O) groups excluding carboxylic acids is 2. The van der Waals surface area contributed by atoms with Crippen molar-refractivity contribution in [2.75, 3.05) is 5.32 Å². The summed E-state index contributed by atoms with van der Waals surface area (Å²) in [4.78, 5) is 25.7. The summed E-state index contributed by atoms with van der Waals surface area (Å²) in [6.45, 7) is 0. The zero-order chi connectivity index (χ0) is 24.2. The summed E-state index contributed by atoms with van der Waals surface area (Å²) in [5.41, 5.74) is 2.58. The van der Waals surface area contributed by atoms with Crippen LogP contribution in [0.4, 0.5) is 5.69 Å². The van der Waals surface area contributed by atoms with Crippen molar-refractivity contribution >= 4 is 23.6 Å². The highest BCUT2D eigenvalue weighted by Gasteiger charge is 2.50. The van der Waals surface area contributed by atoms with Crippen LogP contribution in [0.15, 0.2) is 84.7 Å². The Morgan fingerprint density at radius 1 is 1.09 bits per heavy atom. The smallest absolute Gasteiger partial charge is 0.317 e. The van der Waals surface area contributed by atoms with E-state index < -0.39 is 12.0 Å². The molecule has 4 atom stereocenters. The SMILES string of the molecule is O=C(C=Cc1ccccc1)Nc1cccc(C(C2CC2)C2C(=O)OC3=CC=CCCCC3C2O)c1. The van der Waals surface area contributed by atoms with Gasteiger partial charge in [-0.1, -0.05) is 54.6 Å². The second kappa shape index (κ2) is 10.4. The summed E-state index contributed by atoms with van der Waals surface area (Å²) in [5.74, 6) is -0.598. The third-order valence-electron chi connectivity index (χ3n) is 7.20. The van der Waals surface area contributed by atoms with Crippen LogP contribution < -0.4 is 5.32 Å². The van der Waals surface area contributed by atoms with Gasteiger partial charge in [0.05, 0.1) is 12.0 Å². The first-order valence-corrected chi connectivity index (χ1v) is 12.5. The molecule has 2 N–H and O–H groups in total. The molecular formula is C30H31NO4. The number of carbonyl (C=O) groups is 2. The van der Waals surface area contributed by atoms with Crippen molar-refractivity contribution in [3.8, 4) is 0 Å². The van der Waals surface area contributed by atoms with Crippen LogP contribution in [0.5, 0.6) is 0 Å². The molecule has 2 aliphatic carbocycles. The number of aliphatic hydroxyl groups is 1. The van der Waals surface area contributed by atoms with E-state index in [1.807, 2.05) is 66.7 Å². The normalized spacial score (nSPS) is 25.1. The van der Waals surface area contributed by atoms with E-state index in [1.165, 1.54) is 6.08 Å². The Labute approximate surface area is 206 Å². The summed E-state index contributed by atoms with van der Waals surface area (Å²) in [5, 5.41) is 14.3. The van der Waals surface area contributed by atoms with Gasteiger partial charge < -0.3 is 15.2 Å². The molecule has 2 aromatic carbocycles. The lowest BCUT2D eigenvalue weighted by atomic mass is 9.72. The fourth-order valence-corrected chi connectivity index (χ4v) is 5.33. The van der Waals surface area contributed by atoms with E-state index in [-0.39, 0.29) is 23.7 Å². The molecule has 1 heterocycles. The van der Waals surface area contributed by atoms with E-state index in [2.05, 4.69) is 11.4 Å². The number of hydrogen-bond donors (Lipinski definition) is 2. The Bertz CT molecular complexity index is 1160. The molecule has 2 fully saturated rings. The summed E-state index contributed by atoms with van der Waals surface area (Å²) in [7, 11) is 0. The predicted octanol–water partition coefficient (Wildman–Crippen LogP) is 5.61. The van der Waals surface area contributed by atoms with Crippen molar-refractivity contribution in [1.82, 2.24) is 0 Å². The van der Waals surface area contributed by atoms with Crippen molar-refractivity contribution in [1.29, 1.82) is 0 Å². The number of nitrogens with one attached hydrogen (secondary N) is 1. The average Bonchev–Trinajstić information content (AvgIpc) is 3.68. The van der Waals surface area contributed by atoms with Gasteiger partial charge in [0.1, 0.15) is 5.76 Å². The minimum absolute atomic E-state index is 0.142. The number of ether oxygens (including phenoxy) is 1. The maximum atomic E-state index is 13.2. The van der Waals surface area contributed by atoms with Gasteiger partial charge in [-0.05, 0) is 73.4 Å². The molecule has 0 aromatic heterocycles. The molecule has 5 heteroatoms. The molecule has 1 saturated carbocycles. The zero-order valence-electron chi connectivity index (χ0n) is 19.7. The molecule has 4 unspecified atom stereocenters. The first-order chi connectivity index (χ1) is 17.1. The number of fused-ring (bicyclic) bond motifs is 1. The monoisotopic (exact) mass is 469 g/mol. The van der Waals surface area contributed by atoms with Gasteiger partial charge in [0.15, 0.2) is 0 Å². The van der Waals surface area contributed by atoms with Gasteiger partial charge in [-0.25, -0.2) is 0 Å². The van der Waals surface area contributed by atoms with Crippen LogP contribution in [0.25, 0.3) is 6.08 Å². The first kappa shape index (κ1) is 23.3. The lowest BCUT2D eigenvalue weighted by Crippen LogP contribution is -2.45. The zero-order valence-corrected chi connectivity index (χ0v) is 19.7. The van der Waals surface area contributed by atoms with E-state index in [4.69, 9.17) is 4.74 Å². The molecule has 5 rings (SSSR count). The molecule has 2 aromatic rings. The van der Waals surface area contributed by atoms with Gasteiger partial charge >= 0.3 is 5.97 Å². The minimum Gasteiger partial charge on any atom is -0.430 e. The molecule has 0 spiro atoms. The second-order valence-corrected chi connectivity index (χ2v) is 9.69. The van der Waals surface area contributed by atoms with Crippen molar-refractivity contribution in [3.63, 3.8) is 0 Å². The minimum atomic E-state index is -0.786. The molecule has 1 aliphatic heterocycles. The van der Waals surface area contributed by atoms with Gasteiger partial charge in [0.25, 0.3) is 0 Å². The number of hydrogen-bond acceptors (Lipinski definition) is 4. The van der Waals surface area contributed by atoms with Crippen molar-refractivity contribution in [2.45, 2.75) is 44.1 Å². The Balaban J connectivity index is 1.36. The molecule has 180 valence electrons. The van der Waals surface area contributed by atoms with Gasteiger partial charge in [0, 0.05) is 23.6 Å². The van der Waals surface area contributed by atoms with Crippen LogP contribution in [0, 0.1) is 17.8 Å². The number of anilines is 1. The molecule has 0 bridgehead atoms. The van der Waals surface area contributed by atoms with E-state index in [0.717, 1.165) is 43.2 Å². The van der Waals surface area contributed by atoms with Crippen LogP contribution >= 0.6 is 0 Å². The third-order valence-corrected chi connectivity index (χ3v) is 7.20. The average molecular weight is 470 g/mol. The van der Waals surface area contributed by atoms with Crippen LogP contribution in [-0.4, -0.2) is 23.1 Å². The fourth-order valence-electron chi connectivity index (χ4n) is 5.33. The third kappa shape index (κ3) is 5.46. The standard InChI is InChI=1S/C30H31NO4/c32-26(18-15-20-9-4-3-5-10-20)31-23-12-8-11-22(19-23)27(21-16-17-21)28-29(33)24-13-6-1-2-7-14-25(24)35-30(28)34/h2-5,7-12,14-15,18-19,21,24,27-29,33H,1,6,13,16-17H2,(H,31,32). The van der Waals surface area contributed by atoms with Gasteiger partial charge in [-0.15, -0.1) is 0 Å². The summed E-state index contributed by atoms with van der Waals surface area (Å²) >= 11 is 0. The molecular weight excluding hydrogens is 438 g/mol. The summed E-state index contributed by atoms with van der Waals surface area (Å²) in [6.07, 6.45) is 13.1. The largest absolute Gasteiger partial charge is 0.430 e. The highest BCUT2D eigenvalue weighted by atomic mass is 16.5. The number of allylic oxidation sites excluding steroid dienone is 3. The molecule has 3 aliphatic rings. The van der Waals surface area contributed by atoms with Crippen LogP contribution in [-0.2, 0) is 14.3 Å². The van der Waals surface area contributed by atoms with E-state index in [9.17, 15) is 14.7 Å². The van der Waals surface area contributed by atoms with Crippen molar-refractivity contribution < 1.29 is 19.4 Å². The molecule has 5 nitrogen and oxygen atoms in total. The summed E-state index contributed by atoms with van der Waals surface area (Å²) in [6, 6.07) is 17.3. The van der Waals surface area contributed by atoms with Gasteiger partial charge in [-0.3, -0.25) is 9.59 Å². The van der Waals surface area contributed by atoms with Gasteiger partial charge in [0.2, 0.25) is 5.91 Å². The molecule has 0 radical (unpaired) electrons. The lowest BCUT2D eigenvalue weighted by molar-refractivity contribution is -0.160. The Morgan fingerprint density at radius 3 is 2.71 bits per heavy atom. The quantitative estimate of drug-likeness (QED) is 0.426. The fraction of sp³-hybridized carbons (Fsp3) is 0.333. The Morgan fingerprint density at radius 2 is 1.91 bits per heavy atom. The van der Waals surface area contributed by atoms with Crippen molar-refractivity contribution in [3.05, 3.63) is 95.8 Å². The van der Waals surface area contributed by atoms with E-state index >= 15 is 0 Å². The second-order valence-electron chi connectivity index (χ2n) is 9.69. The molecule has 1 amide bonds. The molecule has 1 saturated heterocycles. The number of esters is 1. The maximum Gasteiger partial charge on any atom is 0.317 e. The van der Waals surface area contributed by atoms with Crippen LogP contribution in [0.3, 0.4) is 0 Å². The highest BCUT2D eigenvalue weighted by molar-refractivity contribution is 6.02. The lowest BCUT2D eigenvalue weighted by Gasteiger charge is -2.39. The number of aliphatic hydroxyl groups excluding tert-OH is 1. The van der Waals surface area contributed by atoms with E-state index in [0.29, 0.717) is 17.4 Å². The maximum absolute atomic E-state index is 13.2. The summed E-state index contributed by atoms with van der Waals surface area (Å²) < 4.78 is 5.79. The van der Waals surface area contributed by atoms with E-state index in [1.54, 1.807) is 6.08 Å². The Hall–Kier alpha value is -3.44. The first-order valence-electron chi connectivity index (χ1n) is 12.5. The topological polar surface area (TPSA) is 75.6 Å². The van der Waals surface area contributed by atoms with Crippen LogP contribution in [0.1, 0.15) is 49.1 Å². The van der Waals surface area contributed by atoms with Crippen LogP contribution in [0.2, 0.25) is 0 Å². The predicted molar refractivity (Wildman–Crippen MR) is 136 cm³/mol. The number of benzene rings is 2. The highest BCUT2D eigenvalue weighted by Crippen LogP contribution is 2.51.